The van der Waals surface area contributed by atoms with E-state index in [-0.39, 0.29) is 25.2 Å². The van der Waals surface area contributed by atoms with E-state index in [2.05, 4.69) is 15.3 Å². The average Bonchev–Trinajstić information content (AvgIpc) is 3.13. The van der Waals surface area contributed by atoms with Crippen molar-refractivity contribution in [1.29, 1.82) is 0 Å². The number of carbonyl (C=O) groups is 2. The molecule has 2 amide bonds. The second-order valence-corrected chi connectivity index (χ2v) is 6.72. The van der Waals surface area contributed by atoms with E-state index < -0.39 is 6.09 Å². The molecule has 148 valence electrons. The third-order valence-electron chi connectivity index (χ3n) is 4.33. The molecular formula is C20H24N4O4. The molecule has 0 radical (unpaired) electrons. The molecule has 1 aliphatic heterocycles. The van der Waals surface area contributed by atoms with Crippen LogP contribution in [0.3, 0.4) is 0 Å². The highest BCUT2D eigenvalue weighted by Crippen LogP contribution is 2.16. The van der Waals surface area contributed by atoms with Gasteiger partial charge in [-0.05, 0) is 25.5 Å². The quantitative estimate of drug-likeness (QED) is 0.819. The number of ether oxygens (including phenoxy) is 2. The maximum Gasteiger partial charge on any atom is 0.407 e. The molecule has 1 aliphatic rings. The standard InChI is InChI=1S/C20H24N4O4/c1-14-10-15(2)23-19(22-14)28-17-8-9-24(12-17)18(25)11-21-20(26)27-13-16-6-4-3-5-7-16/h3-7,10,17H,8-9,11-13H2,1-2H3,(H,21,26)/t17-/m1/s1. The second kappa shape index (κ2) is 9.16. The minimum Gasteiger partial charge on any atom is -0.458 e. The SMILES string of the molecule is Cc1cc(C)nc(O[C@@H]2CCN(C(=O)CNC(=O)OCc3ccccc3)C2)n1. The van der Waals surface area contributed by atoms with Gasteiger partial charge in [-0.15, -0.1) is 0 Å². The Balaban J connectivity index is 1.40. The van der Waals surface area contributed by atoms with Crippen molar-refractivity contribution in [2.75, 3.05) is 19.6 Å². The summed E-state index contributed by atoms with van der Waals surface area (Å²) in [4.78, 5) is 34.2. The van der Waals surface area contributed by atoms with Gasteiger partial charge in [-0.25, -0.2) is 14.8 Å². The lowest BCUT2D eigenvalue weighted by Gasteiger charge is -2.17. The van der Waals surface area contributed by atoms with Crippen LogP contribution in [0.4, 0.5) is 4.79 Å². The molecule has 1 atom stereocenters. The molecule has 0 aliphatic carbocycles. The fourth-order valence-corrected chi connectivity index (χ4v) is 2.98. The summed E-state index contributed by atoms with van der Waals surface area (Å²) in [6.45, 7) is 4.82. The first-order valence-electron chi connectivity index (χ1n) is 9.21. The number of likely N-dealkylation sites (tertiary alicyclic amines) is 1. The maximum atomic E-state index is 12.3. The lowest BCUT2D eigenvalue weighted by molar-refractivity contribution is -0.129. The van der Waals surface area contributed by atoms with Gasteiger partial charge in [0.25, 0.3) is 0 Å². The Hall–Kier alpha value is -3.16. The van der Waals surface area contributed by atoms with Crippen LogP contribution in [0.25, 0.3) is 0 Å². The van der Waals surface area contributed by atoms with Gasteiger partial charge in [0.15, 0.2) is 0 Å². The number of nitrogens with one attached hydrogen (secondary N) is 1. The Morgan fingerprint density at radius 3 is 2.61 bits per heavy atom. The monoisotopic (exact) mass is 384 g/mol. The van der Waals surface area contributed by atoms with Gasteiger partial charge in [-0.3, -0.25) is 4.79 Å². The van der Waals surface area contributed by atoms with Crippen LogP contribution in [0.15, 0.2) is 36.4 Å². The van der Waals surface area contributed by atoms with E-state index in [9.17, 15) is 9.59 Å². The van der Waals surface area contributed by atoms with E-state index in [1.807, 2.05) is 50.2 Å². The smallest absolute Gasteiger partial charge is 0.407 e. The molecule has 0 saturated carbocycles. The molecule has 0 unspecified atom stereocenters. The minimum absolute atomic E-state index is 0.111. The molecule has 8 heteroatoms. The van der Waals surface area contributed by atoms with Gasteiger partial charge in [0.2, 0.25) is 5.91 Å². The normalized spacial score (nSPS) is 15.9. The van der Waals surface area contributed by atoms with E-state index in [1.54, 1.807) is 4.90 Å². The summed E-state index contributed by atoms with van der Waals surface area (Å²) in [6.07, 6.45) is -0.0800. The van der Waals surface area contributed by atoms with Gasteiger partial charge in [-0.2, -0.15) is 0 Å². The molecule has 1 aromatic heterocycles. The van der Waals surface area contributed by atoms with Crippen LogP contribution >= 0.6 is 0 Å². The number of rotatable bonds is 6. The fourth-order valence-electron chi connectivity index (χ4n) is 2.98. The molecular weight excluding hydrogens is 360 g/mol. The lowest BCUT2D eigenvalue weighted by atomic mass is 10.2. The largest absolute Gasteiger partial charge is 0.458 e. The Kier molecular flexibility index (Phi) is 6.41. The van der Waals surface area contributed by atoms with Gasteiger partial charge in [0, 0.05) is 24.4 Å². The summed E-state index contributed by atoms with van der Waals surface area (Å²) < 4.78 is 10.9. The van der Waals surface area contributed by atoms with Crippen LogP contribution in [0.1, 0.15) is 23.4 Å². The van der Waals surface area contributed by atoms with Crippen molar-refractivity contribution >= 4 is 12.0 Å². The van der Waals surface area contributed by atoms with Gasteiger partial charge in [-0.1, -0.05) is 30.3 Å². The molecule has 2 aromatic rings. The topological polar surface area (TPSA) is 93.7 Å². The number of nitrogens with zero attached hydrogens (tertiary/aromatic N) is 3. The van der Waals surface area contributed by atoms with Crippen LogP contribution in [0.2, 0.25) is 0 Å². The first-order chi connectivity index (χ1) is 13.5. The Morgan fingerprint density at radius 1 is 1.18 bits per heavy atom. The van der Waals surface area contributed by atoms with Gasteiger partial charge in [0.1, 0.15) is 19.3 Å². The van der Waals surface area contributed by atoms with Crippen LogP contribution in [-0.2, 0) is 16.1 Å². The molecule has 3 rings (SSSR count). The summed E-state index contributed by atoms with van der Waals surface area (Å²) in [5, 5.41) is 2.49. The number of carbonyl (C=O) groups excluding carboxylic acids is 2. The summed E-state index contributed by atoms with van der Waals surface area (Å²) in [5.74, 6) is -0.177. The van der Waals surface area contributed by atoms with E-state index >= 15 is 0 Å². The Morgan fingerprint density at radius 2 is 1.89 bits per heavy atom. The van der Waals surface area contributed by atoms with Gasteiger partial charge >= 0.3 is 12.1 Å². The van der Waals surface area contributed by atoms with Crippen LogP contribution in [-0.4, -0.2) is 52.6 Å². The zero-order valence-electron chi connectivity index (χ0n) is 16.1. The van der Waals surface area contributed by atoms with Gasteiger partial charge < -0.3 is 19.7 Å². The highest BCUT2D eigenvalue weighted by atomic mass is 16.5. The average molecular weight is 384 g/mol. The predicted octanol–water partition coefficient (Wildman–Crippen LogP) is 2.00. The number of hydrogen-bond acceptors (Lipinski definition) is 6. The van der Waals surface area contributed by atoms with E-state index in [0.717, 1.165) is 17.0 Å². The minimum atomic E-state index is -0.618. The molecule has 0 bridgehead atoms. The van der Waals surface area contributed by atoms with Gasteiger partial charge in [0.05, 0.1) is 6.54 Å². The molecule has 1 fully saturated rings. The third-order valence-corrected chi connectivity index (χ3v) is 4.33. The zero-order chi connectivity index (χ0) is 19.9. The number of benzene rings is 1. The van der Waals surface area contributed by atoms with E-state index in [1.165, 1.54) is 0 Å². The lowest BCUT2D eigenvalue weighted by Crippen LogP contribution is -2.40. The number of amides is 2. The molecule has 1 aromatic carbocycles. The Labute approximate surface area is 163 Å². The first-order valence-corrected chi connectivity index (χ1v) is 9.21. The van der Waals surface area contributed by atoms with Crippen molar-refractivity contribution in [2.24, 2.45) is 0 Å². The molecule has 1 saturated heterocycles. The van der Waals surface area contributed by atoms with Crippen molar-refractivity contribution in [2.45, 2.75) is 33.0 Å². The fraction of sp³-hybridized carbons (Fsp3) is 0.400. The van der Waals surface area contributed by atoms with Crippen molar-refractivity contribution < 1.29 is 19.1 Å². The summed E-state index contributed by atoms with van der Waals surface area (Å²) in [6, 6.07) is 11.6. The molecule has 2 heterocycles. The number of aryl methyl sites for hydroxylation is 2. The number of hydrogen-bond donors (Lipinski definition) is 1. The highest BCUT2D eigenvalue weighted by Gasteiger charge is 2.28. The maximum absolute atomic E-state index is 12.3. The van der Waals surface area contributed by atoms with Crippen molar-refractivity contribution in [3.63, 3.8) is 0 Å². The third kappa shape index (κ3) is 5.67. The summed E-state index contributed by atoms with van der Waals surface area (Å²) in [5.41, 5.74) is 2.57. The van der Waals surface area contributed by atoms with Crippen LogP contribution < -0.4 is 10.1 Å². The van der Waals surface area contributed by atoms with E-state index in [0.29, 0.717) is 25.5 Å². The zero-order valence-corrected chi connectivity index (χ0v) is 16.1. The highest BCUT2D eigenvalue weighted by molar-refractivity contribution is 5.82. The first kappa shape index (κ1) is 19.6. The summed E-state index contributed by atoms with van der Waals surface area (Å²) >= 11 is 0. The van der Waals surface area contributed by atoms with Crippen molar-refractivity contribution in [3.8, 4) is 6.01 Å². The van der Waals surface area contributed by atoms with Crippen LogP contribution in [0.5, 0.6) is 6.01 Å². The second-order valence-electron chi connectivity index (χ2n) is 6.72. The van der Waals surface area contributed by atoms with Crippen molar-refractivity contribution in [1.82, 2.24) is 20.2 Å². The molecule has 1 N–H and O–H groups in total. The molecule has 0 spiro atoms. The summed E-state index contributed by atoms with van der Waals surface area (Å²) in [7, 11) is 0. The van der Waals surface area contributed by atoms with Crippen LogP contribution in [0, 0.1) is 13.8 Å². The molecule has 8 nitrogen and oxygen atoms in total. The number of aromatic nitrogens is 2. The predicted molar refractivity (Wildman–Crippen MR) is 102 cm³/mol. The molecule has 28 heavy (non-hydrogen) atoms. The number of alkyl carbamates (subject to hydrolysis) is 1. The Bertz CT molecular complexity index is 808. The van der Waals surface area contributed by atoms with Crippen molar-refractivity contribution in [3.05, 3.63) is 53.3 Å². The van der Waals surface area contributed by atoms with E-state index in [4.69, 9.17) is 9.47 Å².